The zero-order chi connectivity index (χ0) is 14.4. The lowest BCUT2D eigenvalue weighted by Crippen LogP contribution is -2.02. The quantitative estimate of drug-likeness (QED) is 0.602. The summed E-state index contributed by atoms with van der Waals surface area (Å²) in [4.78, 5) is 11.0. The highest BCUT2D eigenvalue weighted by molar-refractivity contribution is 7.99. The van der Waals surface area contributed by atoms with Gasteiger partial charge in [0.1, 0.15) is 5.75 Å². The Kier molecular flexibility index (Phi) is 5.17. The lowest BCUT2D eigenvalue weighted by molar-refractivity contribution is -0.137. The van der Waals surface area contributed by atoms with Gasteiger partial charge in [0.05, 0.1) is 7.11 Å². The molecule has 2 rings (SSSR count). The van der Waals surface area contributed by atoms with Crippen molar-refractivity contribution in [1.29, 1.82) is 0 Å². The lowest BCUT2D eigenvalue weighted by Gasteiger charge is -2.08. The van der Waals surface area contributed by atoms with Crippen molar-refractivity contribution in [3.8, 4) is 0 Å². The SMILES string of the molecule is COC(=O)CSc1nnc(C[C@@H](C)c2ccccc2)o1. The molecule has 6 heteroatoms. The topological polar surface area (TPSA) is 65.2 Å². The van der Waals surface area contributed by atoms with Gasteiger partial charge < -0.3 is 9.15 Å². The molecule has 0 radical (unpaired) electrons. The number of aromatic nitrogens is 2. The van der Waals surface area contributed by atoms with Crippen molar-refractivity contribution in [1.82, 2.24) is 10.2 Å². The molecule has 0 aliphatic heterocycles. The molecule has 0 aliphatic rings. The molecule has 2 aromatic rings. The van der Waals surface area contributed by atoms with Crippen LogP contribution in [-0.4, -0.2) is 29.0 Å². The number of methoxy groups -OCH3 is 1. The number of nitrogens with zero attached hydrogens (tertiary/aromatic N) is 2. The van der Waals surface area contributed by atoms with Crippen molar-refractivity contribution in [2.45, 2.75) is 24.5 Å². The first kappa shape index (κ1) is 14.6. The van der Waals surface area contributed by atoms with E-state index >= 15 is 0 Å². The first-order chi connectivity index (χ1) is 9.69. The van der Waals surface area contributed by atoms with Crippen LogP contribution in [0.25, 0.3) is 0 Å². The molecule has 0 fully saturated rings. The molecule has 0 N–H and O–H groups in total. The minimum absolute atomic E-state index is 0.173. The van der Waals surface area contributed by atoms with Crippen molar-refractivity contribution >= 4 is 17.7 Å². The molecule has 0 saturated heterocycles. The first-order valence-corrected chi connectivity index (χ1v) is 7.24. The summed E-state index contributed by atoms with van der Waals surface area (Å²) in [5.74, 6) is 0.739. The van der Waals surface area contributed by atoms with Gasteiger partial charge in [-0.2, -0.15) is 0 Å². The van der Waals surface area contributed by atoms with Crippen LogP contribution in [0.15, 0.2) is 40.0 Å². The van der Waals surface area contributed by atoms with Crippen LogP contribution in [0.4, 0.5) is 0 Å². The minimum atomic E-state index is -0.313. The van der Waals surface area contributed by atoms with Crippen LogP contribution in [0, 0.1) is 0 Å². The van der Waals surface area contributed by atoms with E-state index in [-0.39, 0.29) is 11.7 Å². The molecule has 106 valence electrons. The lowest BCUT2D eigenvalue weighted by atomic mass is 9.98. The van der Waals surface area contributed by atoms with Crippen molar-refractivity contribution in [3.63, 3.8) is 0 Å². The summed E-state index contributed by atoms with van der Waals surface area (Å²) in [6, 6.07) is 10.2. The normalized spacial score (nSPS) is 12.1. The van der Waals surface area contributed by atoms with Crippen LogP contribution < -0.4 is 0 Å². The number of carbonyl (C=O) groups excluding carboxylic acids is 1. The molecular weight excluding hydrogens is 276 g/mol. The Balaban J connectivity index is 1.91. The molecule has 5 nitrogen and oxygen atoms in total. The number of benzene rings is 1. The van der Waals surface area contributed by atoms with Gasteiger partial charge >= 0.3 is 5.97 Å². The van der Waals surface area contributed by atoms with Crippen LogP contribution in [-0.2, 0) is 16.0 Å². The third-order valence-corrected chi connectivity index (χ3v) is 3.63. The predicted octanol–water partition coefficient (Wildman–Crippen LogP) is 2.68. The smallest absolute Gasteiger partial charge is 0.316 e. The second-order valence-corrected chi connectivity index (χ2v) is 5.27. The average Bonchev–Trinajstić information content (AvgIpc) is 2.93. The fraction of sp³-hybridized carbons (Fsp3) is 0.357. The summed E-state index contributed by atoms with van der Waals surface area (Å²) in [5, 5.41) is 8.30. The van der Waals surface area contributed by atoms with Gasteiger partial charge in [0.15, 0.2) is 0 Å². The molecule has 20 heavy (non-hydrogen) atoms. The molecular formula is C14H16N2O3S. The van der Waals surface area contributed by atoms with E-state index in [0.29, 0.717) is 23.5 Å². The Morgan fingerprint density at radius 1 is 1.35 bits per heavy atom. The summed E-state index contributed by atoms with van der Waals surface area (Å²) in [5.41, 5.74) is 1.23. The molecule has 0 spiro atoms. The third kappa shape index (κ3) is 4.09. The van der Waals surface area contributed by atoms with Crippen molar-refractivity contribution in [2.24, 2.45) is 0 Å². The number of esters is 1. The molecule has 0 unspecified atom stereocenters. The van der Waals surface area contributed by atoms with Gasteiger partial charge in [0.25, 0.3) is 5.22 Å². The summed E-state index contributed by atoms with van der Waals surface area (Å²) in [6.07, 6.45) is 0.676. The monoisotopic (exact) mass is 292 g/mol. The molecule has 1 atom stereocenters. The van der Waals surface area contributed by atoms with Crippen LogP contribution in [0.1, 0.15) is 24.3 Å². The number of hydrogen-bond donors (Lipinski definition) is 0. The van der Waals surface area contributed by atoms with E-state index in [1.54, 1.807) is 0 Å². The fourth-order valence-electron chi connectivity index (χ4n) is 1.72. The number of carbonyl (C=O) groups is 1. The minimum Gasteiger partial charge on any atom is -0.468 e. The van der Waals surface area contributed by atoms with E-state index in [0.717, 1.165) is 0 Å². The zero-order valence-corrected chi connectivity index (χ0v) is 12.2. The second kappa shape index (κ2) is 7.09. The van der Waals surface area contributed by atoms with Crippen LogP contribution >= 0.6 is 11.8 Å². The summed E-state index contributed by atoms with van der Waals surface area (Å²) in [7, 11) is 1.35. The maximum atomic E-state index is 11.0. The third-order valence-electron chi connectivity index (χ3n) is 2.84. The zero-order valence-electron chi connectivity index (χ0n) is 11.4. The van der Waals surface area contributed by atoms with Crippen LogP contribution in [0.3, 0.4) is 0 Å². The Hall–Kier alpha value is -1.82. The average molecular weight is 292 g/mol. The standard InChI is InChI=1S/C14H16N2O3S/c1-10(11-6-4-3-5-7-11)8-12-15-16-14(19-12)20-9-13(17)18-2/h3-7,10H,8-9H2,1-2H3/t10-/m1/s1. The Bertz CT molecular complexity index is 557. The predicted molar refractivity (Wildman–Crippen MR) is 75.6 cm³/mol. The first-order valence-electron chi connectivity index (χ1n) is 6.26. The molecule has 1 aromatic heterocycles. The molecule has 1 aromatic carbocycles. The van der Waals surface area contributed by atoms with Crippen LogP contribution in [0.5, 0.6) is 0 Å². The van der Waals surface area contributed by atoms with Gasteiger partial charge in [0, 0.05) is 6.42 Å². The van der Waals surface area contributed by atoms with Crippen molar-refractivity contribution in [3.05, 3.63) is 41.8 Å². The highest BCUT2D eigenvalue weighted by atomic mass is 32.2. The van der Waals surface area contributed by atoms with Crippen molar-refractivity contribution < 1.29 is 13.9 Å². The number of thioether (sulfide) groups is 1. The Morgan fingerprint density at radius 3 is 2.80 bits per heavy atom. The fourth-order valence-corrected chi connectivity index (χ4v) is 2.33. The van der Waals surface area contributed by atoms with Gasteiger partial charge in [-0.25, -0.2) is 0 Å². The van der Waals surface area contributed by atoms with E-state index in [9.17, 15) is 4.79 Å². The maximum Gasteiger partial charge on any atom is 0.316 e. The molecule has 0 amide bonds. The van der Waals surface area contributed by atoms with E-state index in [4.69, 9.17) is 4.42 Å². The highest BCUT2D eigenvalue weighted by Crippen LogP contribution is 2.22. The van der Waals surface area contributed by atoms with E-state index in [1.807, 2.05) is 18.2 Å². The largest absolute Gasteiger partial charge is 0.468 e. The second-order valence-electron chi connectivity index (χ2n) is 4.34. The summed E-state index contributed by atoms with van der Waals surface area (Å²) in [6.45, 7) is 2.11. The van der Waals surface area contributed by atoms with Crippen LogP contribution in [0.2, 0.25) is 0 Å². The van der Waals surface area contributed by atoms with Crippen molar-refractivity contribution in [2.75, 3.05) is 12.9 Å². The molecule has 0 aliphatic carbocycles. The summed E-state index contributed by atoms with van der Waals surface area (Å²) < 4.78 is 10.1. The number of rotatable bonds is 6. The molecule has 0 bridgehead atoms. The van der Waals surface area contributed by atoms with Gasteiger partial charge in [-0.1, -0.05) is 49.0 Å². The van der Waals surface area contributed by atoms with Gasteiger partial charge in [-0.3, -0.25) is 4.79 Å². The number of ether oxygens (including phenoxy) is 1. The van der Waals surface area contributed by atoms with Gasteiger partial charge in [0.2, 0.25) is 5.89 Å². The number of hydrogen-bond acceptors (Lipinski definition) is 6. The maximum absolute atomic E-state index is 11.0. The molecule has 0 saturated carbocycles. The van der Waals surface area contributed by atoms with E-state index in [2.05, 4.69) is 34.0 Å². The van der Waals surface area contributed by atoms with E-state index in [1.165, 1.54) is 24.4 Å². The Morgan fingerprint density at radius 2 is 2.10 bits per heavy atom. The van der Waals surface area contributed by atoms with Gasteiger partial charge in [-0.15, -0.1) is 10.2 Å². The highest BCUT2D eigenvalue weighted by Gasteiger charge is 2.13. The van der Waals surface area contributed by atoms with E-state index < -0.39 is 0 Å². The summed E-state index contributed by atoms with van der Waals surface area (Å²) >= 11 is 1.18. The van der Waals surface area contributed by atoms with Gasteiger partial charge in [-0.05, 0) is 11.5 Å². The Labute approximate surface area is 121 Å². The molecule has 1 heterocycles.